The first-order valence-electron chi connectivity index (χ1n) is 5.72. The van der Waals surface area contributed by atoms with E-state index in [1.54, 1.807) is 12.1 Å². The molecule has 8 heteroatoms. The Labute approximate surface area is 122 Å². The zero-order chi connectivity index (χ0) is 13.9. The Balaban J connectivity index is 1.69. The van der Waals surface area contributed by atoms with Crippen molar-refractivity contribution in [1.82, 2.24) is 20.3 Å². The van der Waals surface area contributed by atoms with E-state index in [0.29, 0.717) is 17.5 Å². The smallest absolute Gasteiger partial charge is 0.237 e. The Morgan fingerprint density at radius 1 is 1.25 bits per heavy atom. The van der Waals surface area contributed by atoms with Crippen LogP contribution >= 0.6 is 23.1 Å². The summed E-state index contributed by atoms with van der Waals surface area (Å²) in [5.41, 5.74) is 0.721. The van der Waals surface area contributed by atoms with Gasteiger partial charge in [0.25, 0.3) is 0 Å². The minimum absolute atomic E-state index is 0.292. The molecule has 0 aliphatic heterocycles. The molecule has 5 nitrogen and oxygen atoms in total. The van der Waals surface area contributed by atoms with Crippen molar-refractivity contribution in [2.75, 3.05) is 0 Å². The van der Waals surface area contributed by atoms with Gasteiger partial charge < -0.3 is 4.52 Å². The highest BCUT2D eigenvalue weighted by Crippen LogP contribution is 2.26. The third-order valence-corrected chi connectivity index (χ3v) is 4.35. The molecule has 0 amide bonds. The molecule has 0 aliphatic carbocycles. The van der Waals surface area contributed by atoms with Crippen molar-refractivity contribution >= 4 is 23.1 Å². The number of aromatic nitrogens is 4. The van der Waals surface area contributed by atoms with Crippen LogP contribution in [-0.4, -0.2) is 20.3 Å². The van der Waals surface area contributed by atoms with Crippen LogP contribution in [0, 0.1) is 12.7 Å². The Hall–Kier alpha value is -1.80. The van der Waals surface area contributed by atoms with E-state index < -0.39 is 0 Å². The summed E-state index contributed by atoms with van der Waals surface area (Å²) in [5.74, 6) is 1.19. The van der Waals surface area contributed by atoms with Gasteiger partial charge in [0, 0.05) is 5.56 Å². The van der Waals surface area contributed by atoms with Crippen LogP contribution in [0.2, 0.25) is 0 Å². The van der Waals surface area contributed by atoms with Crippen LogP contribution in [0.3, 0.4) is 0 Å². The number of rotatable bonds is 4. The summed E-state index contributed by atoms with van der Waals surface area (Å²) in [6, 6.07) is 5.96. The fourth-order valence-electron chi connectivity index (χ4n) is 1.49. The molecular formula is C12H9FN4OS2. The number of hydrogen-bond acceptors (Lipinski definition) is 7. The first-order chi connectivity index (χ1) is 9.70. The fraction of sp³-hybridized carbons (Fsp3) is 0.167. The maximum absolute atomic E-state index is 12.8. The Bertz CT molecular complexity index is 710. The molecule has 0 saturated carbocycles. The van der Waals surface area contributed by atoms with Gasteiger partial charge in [-0.25, -0.2) is 4.39 Å². The van der Waals surface area contributed by atoms with E-state index >= 15 is 0 Å². The highest BCUT2D eigenvalue weighted by molar-refractivity contribution is 8.00. The van der Waals surface area contributed by atoms with Gasteiger partial charge in [-0.2, -0.15) is 4.98 Å². The van der Waals surface area contributed by atoms with Crippen molar-refractivity contribution in [3.63, 3.8) is 0 Å². The van der Waals surface area contributed by atoms with Gasteiger partial charge in [-0.05, 0) is 31.2 Å². The van der Waals surface area contributed by atoms with Gasteiger partial charge in [0.05, 0.1) is 5.75 Å². The van der Waals surface area contributed by atoms with Crippen LogP contribution in [0.4, 0.5) is 4.39 Å². The summed E-state index contributed by atoms with van der Waals surface area (Å²) in [6.45, 7) is 1.90. The minimum atomic E-state index is -0.292. The standard InChI is InChI=1S/C12H9FN4OS2/c1-7-15-16-12(20-7)19-6-10-14-11(17-18-10)8-2-4-9(13)5-3-8/h2-5H,6H2,1H3. The molecule has 102 valence electrons. The molecule has 2 aromatic heterocycles. The maximum atomic E-state index is 12.8. The number of hydrogen-bond donors (Lipinski definition) is 0. The van der Waals surface area contributed by atoms with Crippen molar-refractivity contribution in [2.45, 2.75) is 17.0 Å². The summed E-state index contributed by atoms with van der Waals surface area (Å²) in [4.78, 5) is 4.27. The third kappa shape index (κ3) is 3.02. The predicted octanol–water partition coefficient (Wildman–Crippen LogP) is 3.33. The number of halogens is 1. The lowest BCUT2D eigenvalue weighted by Crippen LogP contribution is -1.83. The van der Waals surface area contributed by atoms with Crippen molar-refractivity contribution < 1.29 is 8.91 Å². The Kier molecular flexibility index (Phi) is 3.75. The average molecular weight is 308 g/mol. The van der Waals surface area contributed by atoms with Gasteiger partial charge in [0.1, 0.15) is 10.8 Å². The second kappa shape index (κ2) is 5.68. The van der Waals surface area contributed by atoms with Crippen LogP contribution in [0.25, 0.3) is 11.4 Å². The Morgan fingerprint density at radius 2 is 2.05 bits per heavy atom. The van der Waals surface area contributed by atoms with E-state index in [-0.39, 0.29) is 5.82 Å². The summed E-state index contributed by atoms with van der Waals surface area (Å²) in [7, 11) is 0. The van der Waals surface area contributed by atoms with Crippen molar-refractivity contribution in [2.24, 2.45) is 0 Å². The van der Waals surface area contributed by atoms with Gasteiger partial charge in [0.2, 0.25) is 11.7 Å². The molecule has 0 unspecified atom stereocenters. The summed E-state index contributed by atoms with van der Waals surface area (Å²) >= 11 is 3.01. The second-order valence-electron chi connectivity index (χ2n) is 3.89. The van der Waals surface area contributed by atoms with Crippen LogP contribution in [0.5, 0.6) is 0 Å². The topological polar surface area (TPSA) is 64.7 Å². The monoisotopic (exact) mass is 308 g/mol. The molecule has 3 aromatic rings. The van der Waals surface area contributed by atoms with Crippen LogP contribution in [-0.2, 0) is 5.75 Å². The van der Waals surface area contributed by atoms with Gasteiger partial charge in [-0.1, -0.05) is 28.3 Å². The normalized spacial score (nSPS) is 10.9. The van der Waals surface area contributed by atoms with Gasteiger partial charge in [-0.15, -0.1) is 10.2 Å². The zero-order valence-corrected chi connectivity index (χ0v) is 12.0. The molecule has 0 N–H and O–H groups in total. The third-order valence-electron chi connectivity index (χ3n) is 2.40. The zero-order valence-electron chi connectivity index (χ0n) is 10.4. The fourth-order valence-corrected chi connectivity index (χ4v) is 3.14. The van der Waals surface area contributed by atoms with Gasteiger partial charge >= 0.3 is 0 Å². The van der Waals surface area contributed by atoms with Crippen molar-refractivity contribution in [1.29, 1.82) is 0 Å². The quantitative estimate of drug-likeness (QED) is 0.689. The molecule has 0 atom stereocenters. The van der Waals surface area contributed by atoms with E-state index in [9.17, 15) is 4.39 Å². The van der Waals surface area contributed by atoms with Crippen LogP contribution < -0.4 is 0 Å². The molecule has 0 saturated heterocycles. The average Bonchev–Trinajstić information content (AvgIpc) is 3.06. The van der Waals surface area contributed by atoms with E-state index in [0.717, 1.165) is 14.9 Å². The SMILES string of the molecule is Cc1nnc(SCc2nc(-c3ccc(F)cc3)no2)s1. The molecule has 0 fully saturated rings. The van der Waals surface area contributed by atoms with E-state index in [1.165, 1.54) is 35.2 Å². The number of aryl methyl sites for hydroxylation is 1. The summed E-state index contributed by atoms with van der Waals surface area (Å²) in [5, 5.41) is 12.7. The molecule has 2 heterocycles. The molecule has 0 bridgehead atoms. The molecule has 0 aliphatic rings. The Morgan fingerprint density at radius 3 is 2.75 bits per heavy atom. The van der Waals surface area contributed by atoms with Crippen molar-refractivity contribution in [3.8, 4) is 11.4 Å². The first kappa shape index (κ1) is 13.2. The lowest BCUT2D eigenvalue weighted by Gasteiger charge is -1.92. The van der Waals surface area contributed by atoms with Gasteiger partial charge in [0.15, 0.2) is 4.34 Å². The molecule has 1 aromatic carbocycles. The lowest BCUT2D eigenvalue weighted by atomic mass is 10.2. The van der Waals surface area contributed by atoms with Crippen molar-refractivity contribution in [3.05, 3.63) is 41.0 Å². The molecule has 0 spiro atoms. The predicted molar refractivity (Wildman–Crippen MR) is 73.9 cm³/mol. The molecule has 20 heavy (non-hydrogen) atoms. The first-order valence-corrected chi connectivity index (χ1v) is 7.52. The van der Waals surface area contributed by atoms with E-state index in [2.05, 4.69) is 20.3 Å². The highest BCUT2D eigenvalue weighted by atomic mass is 32.2. The highest BCUT2D eigenvalue weighted by Gasteiger charge is 2.10. The van der Waals surface area contributed by atoms with Crippen LogP contribution in [0.1, 0.15) is 10.9 Å². The lowest BCUT2D eigenvalue weighted by molar-refractivity contribution is 0.391. The second-order valence-corrected chi connectivity index (χ2v) is 6.30. The van der Waals surface area contributed by atoms with E-state index in [1.807, 2.05) is 6.92 Å². The molecular weight excluding hydrogens is 299 g/mol. The maximum Gasteiger partial charge on any atom is 0.237 e. The molecule has 3 rings (SSSR count). The number of nitrogens with zero attached hydrogens (tertiary/aromatic N) is 4. The number of benzene rings is 1. The largest absolute Gasteiger partial charge is 0.338 e. The van der Waals surface area contributed by atoms with Crippen LogP contribution in [0.15, 0.2) is 33.1 Å². The summed E-state index contributed by atoms with van der Waals surface area (Å²) in [6.07, 6.45) is 0. The van der Waals surface area contributed by atoms with E-state index in [4.69, 9.17) is 4.52 Å². The summed E-state index contributed by atoms with van der Waals surface area (Å²) < 4.78 is 18.9. The number of thioether (sulfide) groups is 1. The minimum Gasteiger partial charge on any atom is -0.338 e. The molecule has 0 radical (unpaired) electrons. The van der Waals surface area contributed by atoms with Gasteiger partial charge in [-0.3, -0.25) is 0 Å².